The number of amides is 1. The van der Waals surface area contributed by atoms with Gasteiger partial charge in [-0.2, -0.15) is 0 Å². The maximum absolute atomic E-state index is 12.6. The molecule has 3 rings (SSSR count). The van der Waals surface area contributed by atoms with Crippen LogP contribution in [0.25, 0.3) is 0 Å². The van der Waals surface area contributed by atoms with Crippen LogP contribution in [0.15, 0.2) is 30.3 Å². The SMILES string of the molecule is CN(CCN1CCN(C(=O)C2CCNCC2)CC1)Cc1ccccc1. The third-order valence-electron chi connectivity index (χ3n) is 5.47. The number of nitrogens with zero attached hydrogens (tertiary/aromatic N) is 3. The van der Waals surface area contributed by atoms with E-state index in [9.17, 15) is 4.79 Å². The predicted octanol–water partition coefficient (Wildman–Crippen LogP) is 1.26. The molecule has 0 atom stereocenters. The third-order valence-corrected chi connectivity index (χ3v) is 5.47. The first kappa shape index (κ1) is 18.4. The molecule has 138 valence electrons. The van der Waals surface area contributed by atoms with E-state index in [2.05, 4.69) is 57.4 Å². The molecule has 1 amide bonds. The first-order valence-electron chi connectivity index (χ1n) is 9.67. The Hall–Kier alpha value is -1.43. The van der Waals surface area contributed by atoms with Crippen LogP contribution in [0.2, 0.25) is 0 Å². The maximum Gasteiger partial charge on any atom is 0.225 e. The number of likely N-dealkylation sites (N-methyl/N-ethyl adjacent to an activating group) is 1. The minimum Gasteiger partial charge on any atom is -0.340 e. The predicted molar refractivity (Wildman–Crippen MR) is 101 cm³/mol. The molecule has 1 N–H and O–H groups in total. The summed E-state index contributed by atoms with van der Waals surface area (Å²) in [6.07, 6.45) is 2.01. The lowest BCUT2D eigenvalue weighted by Gasteiger charge is -2.37. The molecule has 0 radical (unpaired) electrons. The van der Waals surface area contributed by atoms with Gasteiger partial charge in [0.05, 0.1) is 0 Å². The lowest BCUT2D eigenvalue weighted by Crippen LogP contribution is -2.52. The van der Waals surface area contributed by atoms with E-state index in [-0.39, 0.29) is 5.92 Å². The number of nitrogens with one attached hydrogen (secondary N) is 1. The van der Waals surface area contributed by atoms with E-state index in [0.29, 0.717) is 5.91 Å². The summed E-state index contributed by atoms with van der Waals surface area (Å²) in [5.41, 5.74) is 1.36. The van der Waals surface area contributed by atoms with Gasteiger partial charge in [0.1, 0.15) is 0 Å². The van der Waals surface area contributed by atoms with E-state index in [1.165, 1.54) is 5.56 Å². The van der Waals surface area contributed by atoms with Crippen LogP contribution in [0.1, 0.15) is 18.4 Å². The fourth-order valence-corrected chi connectivity index (χ4v) is 3.81. The van der Waals surface area contributed by atoms with Gasteiger partial charge in [-0.1, -0.05) is 30.3 Å². The third kappa shape index (κ3) is 5.53. The maximum atomic E-state index is 12.6. The number of carbonyl (C=O) groups excluding carboxylic acids is 1. The number of rotatable bonds is 6. The van der Waals surface area contributed by atoms with Crippen molar-refractivity contribution in [3.8, 4) is 0 Å². The molecule has 1 aromatic carbocycles. The first-order chi connectivity index (χ1) is 12.2. The standard InChI is InChI=1S/C20H32N4O/c1-22(17-18-5-3-2-4-6-18)11-12-23-13-15-24(16-14-23)20(25)19-7-9-21-10-8-19/h2-6,19,21H,7-17H2,1H3. The van der Waals surface area contributed by atoms with Crippen molar-refractivity contribution in [1.82, 2.24) is 20.0 Å². The summed E-state index contributed by atoms with van der Waals surface area (Å²) < 4.78 is 0. The molecule has 5 nitrogen and oxygen atoms in total. The Morgan fingerprint density at radius 2 is 1.80 bits per heavy atom. The molecular weight excluding hydrogens is 312 g/mol. The Bertz CT molecular complexity index is 522. The van der Waals surface area contributed by atoms with Crippen molar-refractivity contribution < 1.29 is 4.79 Å². The molecule has 0 bridgehead atoms. The van der Waals surface area contributed by atoms with Gasteiger partial charge >= 0.3 is 0 Å². The van der Waals surface area contributed by atoms with E-state index in [4.69, 9.17) is 0 Å². The molecule has 1 aromatic rings. The second-order valence-corrected chi connectivity index (χ2v) is 7.41. The van der Waals surface area contributed by atoms with Crippen molar-refractivity contribution in [1.29, 1.82) is 0 Å². The van der Waals surface area contributed by atoms with Crippen molar-refractivity contribution in [2.24, 2.45) is 5.92 Å². The Balaban J connectivity index is 1.35. The zero-order valence-electron chi connectivity index (χ0n) is 15.5. The topological polar surface area (TPSA) is 38.8 Å². The van der Waals surface area contributed by atoms with Crippen molar-refractivity contribution in [2.45, 2.75) is 19.4 Å². The molecule has 2 saturated heterocycles. The molecule has 0 aromatic heterocycles. The minimum atomic E-state index is 0.254. The average Bonchev–Trinajstić information content (AvgIpc) is 2.68. The zero-order chi connectivity index (χ0) is 17.5. The van der Waals surface area contributed by atoms with Crippen LogP contribution in [-0.2, 0) is 11.3 Å². The molecule has 25 heavy (non-hydrogen) atoms. The summed E-state index contributed by atoms with van der Waals surface area (Å²) in [6, 6.07) is 10.6. The largest absolute Gasteiger partial charge is 0.340 e. The van der Waals surface area contributed by atoms with Crippen LogP contribution in [0.5, 0.6) is 0 Å². The van der Waals surface area contributed by atoms with Gasteiger partial charge in [-0.25, -0.2) is 0 Å². The Labute approximate surface area is 152 Å². The van der Waals surface area contributed by atoms with Gasteiger partial charge in [0, 0.05) is 51.7 Å². The minimum absolute atomic E-state index is 0.254. The van der Waals surface area contributed by atoms with Crippen molar-refractivity contribution in [3.63, 3.8) is 0 Å². The van der Waals surface area contributed by atoms with Crippen LogP contribution in [0.3, 0.4) is 0 Å². The number of benzene rings is 1. The summed E-state index contributed by atoms with van der Waals surface area (Å²) in [4.78, 5) is 19.6. The summed E-state index contributed by atoms with van der Waals surface area (Å²) >= 11 is 0. The fraction of sp³-hybridized carbons (Fsp3) is 0.650. The molecule has 5 heteroatoms. The molecule has 0 unspecified atom stereocenters. The monoisotopic (exact) mass is 344 g/mol. The Morgan fingerprint density at radius 3 is 2.48 bits per heavy atom. The molecule has 2 aliphatic rings. The van der Waals surface area contributed by atoms with Gasteiger partial charge in [0.2, 0.25) is 5.91 Å². The lowest BCUT2D eigenvalue weighted by molar-refractivity contribution is -0.138. The van der Waals surface area contributed by atoms with E-state index >= 15 is 0 Å². The molecule has 0 saturated carbocycles. The Morgan fingerprint density at radius 1 is 1.12 bits per heavy atom. The smallest absolute Gasteiger partial charge is 0.225 e. The van der Waals surface area contributed by atoms with Crippen LogP contribution < -0.4 is 5.32 Å². The first-order valence-corrected chi connectivity index (χ1v) is 9.67. The second kappa shape index (κ2) is 9.32. The van der Waals surface area contributed by atoms with Crippen molar-refractivity contribution >= 4 is 5.91 Å². The van der Waals surface area contributed by atoms with E-state index in [1.807, 2.05) is 0 Å². The van der Waals surface area contributed by atoms with Crippen LogP contribution >= 0.6 is 0 Å². The normalized spacial score (nSPS) is 20.2. The number of piperazine rings is 1. The number of carbonyl (C=O) groups is 1. The quantitative estimate of drug-likeness (QED) is 0.843. The van der Waals surface area contributed by atoms with Crippen molar-refractivity contribution in [2.75, 3.05) is 59.4 Å². The molecule has 2 fully saturated rings. The number of hydrogen-bond donors (Lipinski definition) is 1. The van der Waals surface area contributed by atoms with Gasteiger partial charge in [-0.3, -0.25) is 9.69 Å². The van der Waals surface area contributed by atoms with Gasteiger partial charge in [-0.15, -0.1) is 0 Å². The molecule has 2 heterocycles. The number of hydrogen-bond acceptors (Lipinski definition) is 4. The summed E-state index contributed by atoms with van der Waals surface area (Å²) in [6.45, 7) is 8.93. The summed E-state index contributed by atoms with van der Waals surface area (Å²) in [5.74, 6) is 0.646. The molecule has 0 aliphatic carbocycles. The van der Waals surface area contributed by atoms with Gasteiger partial charge in [0.25, 0.3) is 0 Å². The average molecular weight is 345 g/mol. The van der Waals surface area contributed by atoms with Crippen molar-refractivity contribution in [3.05, 3.63) is 35.9 Å². The zero-order valence-corrected chi connectivity index (χ0v) is 15.5. The highest BCUT2D eigenvalue weighted by atomic mass is 16.2. The highest BCUT2D eigenvalue weighted by Crippen LogP contribution is 2.16. The highest BCUT2D eigenvalue weighted by molar-refractivity contribution is 5.79. The van der Waals surface area contributed by atoms with Crippen LogP contribution in [0, 0.1) is 5.92 Å². The van der Waals surface area contributed by atoms with E-state index in [0.717, 1.165) is 71.7 Å². The van der Waals surface area contributed by atoms with Crippen LogP contribution in [-0.4, -0.2) is 80.0 Å². The van der Waals surface area contributed by atoms with Gasteiger partial charge < -0.3 is 15.1 Å². The molecular formula is C20H32N4O. The summed E-state index contributed by atoms with van der Waals surface area (Å²) in [7, 11) is 2.18. The van der Waals surface area contributed by atoms with E-state index < -0.39 is 0 Å². The van der Waals surface area contributed by atoms with Crippen LogP contribution in [0.4, 0.5) is 0 Å². The Kier molecular flexibility index (Phi) is 6.84. The van der Waals surface area contributed by atoms with Gasteiger partial charge in [-0.05, 0) is 38.5 Å². The molecule has 0 spiro atoms. The second-order valence-electron chi connectivity index (χ2n) is 7.41. The van der Waals surface area contributed by atoms with E-state index in [1.54, 1.807) is 0 Å². The lowest BCUT2D eigenvalue weighted by atomic mass is 9.96. The fourth-order valence-electron chi connectivity index (χ4n) is 3.81. The van der Waals surface area contributed by atoms with Gasteiger partial charge in [0.15, 0.2) is 0 Å². The number of piperidine rings is 1. The molecule has 2 aliphatic heterocycles. The highest BCUT2D eigenvalue weighted by Gasteiger charge is 2.28. The summed E-state index contributed by atoms with van der Waals surface area (Å²) in [5, 5.41) is 3.34.